The zero-order valence-electron chi connectivity index (χ0n) is 33.8. The highest BCUT2D eigenvalue weighted by atomic mass is 32.1. The zero-order valence-corrected chi connectivity index (χ0v) is 34.6. The fourth-order valence-electron chi connectivity index (χ4n) is 11.3. The number of thiazole rings is 1. The van der Waals surface area contributed by atoms with E-state index in [9.17, 15) is 15.0 Å². The molecule has 5 aromatic rings. The van der Waals surface area contributed by atoms with E-state index in [4.69, 9.17) is 9.84 Å². The average molecular weight is 794 g/mol. The Bertz CT molecular complexity index is 2220. The first-order valence-corrected chi connectivity index (χ1v) is 21.0. The van der Waals surface area contributed by atoms with Crippen LogP contribution in [0.2, 0.25) is 0 Å². The number of aliphatic hydroxyl groups excluding tert-OH is 1. The van der Waals surface area contributed by atoms with Gasteiger partial charge in [0.25, 0.3) is 0 Å². The van der Waals surface area contributed by atoms with Crippen LogP contribution in [0.25, 0.3) is 21.3 Å². The maximum atomic E-state index is 12.7. The van der Waals surface area contributed by atoms with Crippen molar-refractivity contribution in [1.29, 1.82) is 0 Å². The van der Waals surface area contributed by atoms with Crippen LogP contribution in [-0.4, -0.2) is 90.0 Å². The normalized spacial score (nSPS) is 25.1. The highest BCUT2D eigenvalue weighted by Crippen LogP contribution is 2.72. The smallest absolute Gasteiger partial charge is 0.355 e. The number of hydrogen-bond donors (Lipinski definition) is 4. The van der Waals surface area contributed by atoms with E-state index < -0.39 is 5.97 Å². The monoisotopic (exact) mass is 793 g/mol. The quantitative estimate of drug-likeness (QED) is 0.0676. The van der Waals surface area contributed by atoms with Gasteiger partial charge in [-0.05, 0) is 131 Å². The van der Waals surface area contributed by atoms with Crippen LogP contribution in [0, 0.1) is 30.1 Å². The molecule has 2 atom stereocenters. The van der Waals surface area contributed by atoms with Gasteiger partial charge in [-0.3, -0.25) is 4.68 Å². The van der Waals surface area contributed by atoms with Gasteiger partial charge >= 0.3 is 5.97 Å². The Balaban J connectivity index is 0.947. The number of carbonyl (C=O) groups is 1. The van der Waals surface area contributed by atoms with Crippen molar-refractivity contribution < 1.29 is 19.7 Å². The third-order valence-corrected chi connectivity index (χ3v) is 13.4. The van der Waals surface area contributed by atoms with E-state index in [0.717, 1.165) is 96.7 Å². The standard InChI is InChI=1S/C43H55N9O4S/c1-28-18-30(49-50-37(28)48-39-46-33-10-6-7-11-34(33)57-39)19-44-35-13-12-31(36(47-35)38(54)55)32-20-45-52(29(32)2)27-42-22-40(3)21-41(4,23-42)25-43(24-40,26-42)56-17-15-51(5)14-8-9-16-53/h6-7,10-13,18,20,53H,8-9,14-17,19,21-27H2,1-5H3,(H,44,47)(H,54,55)(H,46,48,50). The van der Waals surface area contributed by atoms with E-state index in [1.165, 1.54) is 6.42 Å². The van der Waals surface area contributed by atoms with Crippen LogP contribution in [0.1, 0.15) is 92.7 Å². The summed E-state index contributed by atoms with van der Waals surface area (Å²) in [6.45, 7) is 12.8. The number of fused-ring (bicyclic) bond motifs is 1. The van der Waals surface area contributed by atoms with Crippen LogP contribution in [0.3, 0.4) is 0 Å². The predicted molar refractivity (Wildman–Crippen MR) is 223 cm³/mol. The molecule has 0 radical (unpaired) electrons. The van der Waals surface area contributed by atoms with Gasteiger partial charge in [0.2, 0.25) is 0 Å². The number of nitrogens with zero attached hydrogens (tertiary/aromatic N) is 7. The Morgan fingerprint density at radius 3 is 2.49 bits per heavy atom. The average Bonchev–Trinajstić information content (AvgIpc) is 3.72. The second kappa shape index (κ2) is 15.3. The third kappa shape index (κ3) is 8.27. The predicted octanol–water partition coefficient (Wildman–Crippen LogP) is 7.86. The van der Waals surface area contributed by atoms with Crippen LogP contribution in [-0.2, 0) is 17.8 Å². The molecule has 1 aromatic carbocycles. The van der Waals surface area contributed by atoms with Gasteiger partial charge in [0.05, 0.1) is 40.9 Å². The Morgan fingerprint density at radius 1 is 0.965 bits per heavy atom. The summed E-state index contributed by atoms with van der Waals surface area (Å²) in [5.74, 6) is -0.0234. The highest BCUT2D eigenvalue weighted by molar-refractivity contribution is 7.22. The van der Waals surface area contributed by atoms with Crippen molar-refractivity contribution in [3.63, 3.8) is 0 Å². The zero-order chi connectivity index (χ0) is 40.0. The number of aryl methyl sites for hydroxylation is 1. The van der Waals surface area contributed by atoms with Crippen molar-refractivity contribution >= 4 is 44.3 Å². The number of pyridine rings is 1. The molecule has 4 N–H and O–H groups in total. The van der Waals surface area contributed by atoms with Crippen LogP contribution in [0.5, 0.6) is 0 Å². The molecule has 4 fully saturated rings. The van der Waals surface area contributed by atoms with Crippen LogP contribution in [0.15, 0.2) is 48.7 Å². The van der Waals surface area contributed by atoms with E-state index in [0.29, 0.717) is 36.0 Å². The highest BCUT2D eigenvalue weighted by Gasteiger charge is 2.66. The summed E-state index contributed by atoms with van der Waals surface area (Å²) < 4.78 is 10.1. The number of para-hydroxylation sites is 1. The molecule has 4 aromatic heterocycles. The minimum atomic E-state index is -1.10. The van der Waals surface area contributed by atoms with Crippen LogP contribution >= 0.6 is 11.3 Å². The van der Waals surface area contributed by atoms with Crippen molar-refractivity contribution in [2.75, 3.05) is 44.0 Å². The number of carboxylic acid groups (broad SMARTS) is 1. The van der Waals surface area contributed by atoms with E-state index in [-0.39, 0.29) is 34.1 Å². The van der Waals surface area contributed by atoms with E-state index in [1.54, 1.807) is 17.5 Å². The molecule has 13 nitrogen and oxygen atoms in total. The summed E-state index contributed by atoms with van der Waals surface area (Å²) in [6, 6.07) is 13.6. The number of aromatic nitrogens is 6. The van der Waals surface area contributed by atoms with Gasteiger partial charge in [0.15, 0.2) is 16.6 Å². The van der Waals surface area contributed by atoms with E-state index >= 15 is 0 Å². The van der Waals surface area contributed by atoms with Crippen molar-refractivity contribution in [3.05, 3.63) is 71.3 Å². The topological polar surface area (TPSA) is 163 Å². The first kappa shape index (κ1) is 39.3. The van der Waals surface area contributed by atoms with Gasteiger partial charge in [-0.25, -0.2) is 14.8 Å². The first-order valence-electron chi connectivity index (χ1n) is 20.2. The molecule has 14 heteroatoms. The Morgan fingerprint density at radius 2 is 1.75 bits per heavy atom. The lowest BCUT2D eigenvalue weighted by atomic mass is 9.39. The number of aromatic carboxylic acids is 1. The summed E-state index contributed by atoms with van der Waals surface area (Å²) in [5, 5.41) is 40.5. The molecule has 57 heavy (non-hydrogen) atoms. The largest absolute Gasteiger partial charge is 0.476 e. The van der Waals surface area contributed by atoms with E-state index in [1.807, 2.05) is 56.3 Å². The lowest BCUT2D eigenvalue weighted by Gasteiger charge is -2.69. The molecule has 4 aliphatic rings. The molecule has 4 bridgehead atoms. The molecule has 4 saturated carbocycles. The molecule has 4 aliphatic carbocycles. The van der Waals surface area contributed by atoms with Crippen molar-refractivity contribution in [1.82, 2.24) is 34.8 Å². The Labute approximate surface area is 338 Å². The minimum absolute atomic E-state index is 0.0243. The van der Waals surface area contributed by atoms with Gasteiger partial charge in [-0.15, -0.1) is 5.10 Å². The fraction of sp³-hybridized carbons (Fsp3) is 0.535. The number of likely N-dealkylation sites (N-methyl/N-ethyl adjacent to an activating group) is 1. The maximum absolute atomic E-state index is 12.7. The Kier molecular flexibility index (Phi) is 10.6. The van der Waals surface area contributed by atoms with Gasteiger partial charge in [0, 0.05) is 36.5 Å². The lowest BCUT2D eigenvalue weighted by molar-refractivity contribution is -0.248. The van der Waals surface area contributed by atoms with E-state index in [2.05, 4.69) is 61.3 Å². The minimum Gasteiger partial charge on any atom is -0.476 e. The number of carboxylic acids is 1. The molecule has 9 rings (SSSR count). The molecule has 302 valence electrons. The SMILES string of the molecule is Cc1cc(CNc2ccc(-c3cnn(CC45CC6(C)CC(C)(C4)CC(OCCN(C)CCCCO)(C6)C5)c3C)c(C(=O)O)n2)nnc1Nc1nc2ccccc2s1. The number of unbranched alkanes of at least 4 members (excludes halogenated alkanes) is 1. The van der Waals surface area contributed by atoms with Crippen molar-refractivity contribution in [2.45, 2.75) is 97.8 Å². The van der Waals surface area contributed by atoms with Crippen molar-refractivity contribution in [2.24, 2.45) is 16.2 Å². The third-order valence-electron chi connectivity index (χ3n) is 12.5. The van der Waals surface area contributed by atoms with Gasteiger partial charge in [0.1, 0.15) is 5.82 Å². The maximum Gasteiger partial charge on any atom is 0.355 e. The molecule has 0 amide bonds. The first-order chi connectivity index (χ1) is 27.3. The van der Waals surface area contributed by atoms with Crippen LogP contribution in [0.4, 0.5) is 16.8 Å². The second-order valence-corrected chi connectivity index (χ2v) is 19.0. The summed E-state index contributed by atoms with van der Waals surface area (Å²) in [4.78, 5) is 24.1. The molecule has 0 saturated heterocycles. The Hall–Kier alpha value is -4.50. The van der Waals surface area contributed by atoms with Gasteiger partial charge in [-0.1, -0.05) is 37.3 Å². The summed E-state index contributed by atoms with van der Waals surface area (Å²) in [7, 11) is 2.14. The molecular formula is C43H55N9O4S. The molecule has 4 heterocycles. The van der Waals surface area contributed by atoms with Gasteiger partial charge in [-0.2, -0.15) is 10.2 Å². The molecule has 0 aliphatic heterocycles. The fourth-order valence-corrected chi connectivity index (χ4v) is 12.1. The number of rotatable bonds is 17. The second-order valence-electron chi connectivity index (χ2n) is 18.0. The molecular weight excluding hydrogens is 739 g/mol. The number of aliphatic hydroxyl groups is 1. The lowest BCUT2D eigenvalue weighted by Crippen LogP contribution is -2.64. The number of ether oxygens (including phenoxy) is 1. The van der Waals surface area contributed by atoms with Gasteiger partial charge < -0.3 is 30.5 Å². The van der Waals surface area contributed by atoms with Crippen molar-refractivity contribution in [3.8, 4) is 11.1 Å². The summed E-state index contributed by atoms with van der Waals surface area (Å²) in [6.07, 6.45) is 10.4. The summed E-state index contributed by atoms with van der Waals surface area (Å²) >= 11 is 1.56. The molecule has 0 spiro atoms. The summed E-state index contributed by atoms with van der Waals surface area (Å²) in [5.41, 5.74) is 5.12. The number of anilines is 3. The number of benzene rings is 1. The number of nitrogens with one attached hydrogen (secondary N) is 2. The number of hydrogen-bond acceptors (Lipinski definition) is 12. The molecule has 2 unspecified atom stereocenters. The van der Waals surface area contributed by atoms with Crippen LogP contribution < -0.4 is 10.6 Å².